The Bertz CT molecular complexity index is 296. The average molecular weight is 258 g/mol. The van der Waals surface area contributed by atoms with Gasteiger partial charge in [-0.3, -0.25) is 4.79 Å². The molecule has 0 aromatic carbocycles. The standard InChI is InChI=1S/C12H22N2O4/c1-3-4-8-5-10(8)14-12(17)13-7-9(18-2)6-11(15)16/h8-10H,3-7H2,1-2H3,(H,15,16)(H2,13,14,17). The van der Waals surface area contributed by atoms with E-state index in [0.717, 1.165) is 19.3 Å². The van der Waals surface area contributed by atoms with Gasteiger partial charge in [0.15, 0.2) is 0 Å². The number of carboxylic acid groups (broad SMARTS) is 1. The van der Waals surface area contributed by atoms with Crippen molar-refractivity contribution < 1.29 is 19.4 Å². The molecule has 0 bridgehead atoms. The van der Waals surface area contributed by atoms with Gasteiger partial charge in [0.05, 0.1) is 12.5 Å². The fraction of sp³-hybridized carbons (Fsp3) is 0.833. The largest absolute Gasteiger partial charge is 0.481 e. The normalized spacial score (nSPS) is 23.2. The van der Waals surface area contributed by atoms with Gasteiger partial charge in [0.25, 0.3) is 0 Å². The third kappa shape index (κ3) is 5.35. The molecule has 1 rings (SSSR count). The van der Waals surface area contributed by atoms with Crippen molar-refractivity contribution in [3.63, 3.8) is 0 Å². The molecule has 0 aromatic heterocycles. The Labute approximate surface area is 107 Å². The Morgan fingerprint density at radius 2 is 2.22 bits per heavy atom. The lowest BCUT2D eigenvalue weighted by Gasteiger charge is -2.14. The number of nitrogens with one attached hydrogen (secondary N) is 2. The summed E-state index contributed by atoms with van der Waals surface area (Å²) in [5.74, 6) is -0.327. The second-order valence-electron chi connectivity index (χ2n) is 4.70. The van der Waals surface area contributed by atoms with Gasteiger partial charge in [-0.15, -0.1) is 0 Å². The highest BCUT2D eigenvalue weighted by Gasteiger charge is 2.37. The van der Waals surface area contributed by atoms with Gasteiger partial charge in [0.2, 0.25) is 0 Å². The zero-order chi connectivity index (χ0) is 13.5. The van der Waals surface area contributed by atoms with Crippen LogP contribution in [0.3, 0.4) is 0 Å². The third-order valence-corrected chi connectivity index (χ3v) is 3.12. The molecular weight excluding hydrogens is 236 g/mol. The number of hydrogen-bond donors (Lipinski definition) is 3. The van der Waals surface area contributed by atoms with Gasteiger partial charge in [-0.2, -0.15) is 0 Å². The van der Waals surface area contributed by atoms with Gasteiger partial charge in [-0.25, -0.2) is 4.79 Å². The first kappa shape index (κ1) is 14.8. The molecule has 104 valence electrons. The predicted octanol–water partition coefficient (Wildman–Crippen LogP) is 0.964. The molecular formula is C12H22N2O4. The van der Waals surface area contributed by atoms with Gasteiger partial charge in [0.1, 0.15) is 0 Å². The first-order valence-electron chi connectivity index (χ1n) is 6.35. The summed E-state index contributed by atoms with van der Waals surface area (Å²) in [6.07, 6.45) is 2.72. The van der Waals surface area contributed by atoms with Crippen molar-refractivity contribution in [3.05, 3.63) is 0 Å². The minimum atomic E-state index is -0.936. The molecule has 3 atom stereocenters. The van der Waals surface area contributed by atoms with E-state index in [1.54, 1.807) is 0 Å². The van der Waals surface area contributed by atoms with Gasteiger partial charge in [-0.05, 0) is 18.8 Å². The molecule has 3 unspecified atom stereocenters. The number of rotatable bonds is 8. The molecule has 3 N–H and O–H groups in total. The van der Waals surface area contributed by atoms with Crippen molar-refractivity contribution >= 4 is 12.0 Å². The Morgan fingerprint density at radius 1 is 1.50 bits per heavy atom. The molecule has 18 heavy (non-hydrogen) atoms. The SMILES string of the molecule is CCCC1CC1NC(=O)NCC(CC(=O)O)OC. The van der Waals surface area contributed by atoms with Crippen molar-refractivity contribution in [2.45, 2.75) is 44.8 Å². The van der Waals surface area contributed by atoms with Crippen LogP contribution in [-0.4, -0.2) is 42.9 Å². The van der Waals surface area contributed by atoms with E-state index < -0.39 is 12.1 Å². The van der Waals surface area contributed by atoms with E-state index in [9.17, 15) is 9.59 Å². The fourth-order valence-corrected chi connectivity index (χ4v) is 1.97. The van der Waals surface area contributed by atoms with E-state index in [1.165, 1.54) is 7.11 Å². The van der Waals surface area contributed by atoms with Crippen molar-refractivity contribution in [1.82, 2.24) is 10.6 Å². The minimum Gasteiger partial charge on any atom is -0.481 e. The Balaban J connectivity index is 2.14. The van der Waals surface area contributed by atoms with Gasteiger partial charge in [-0.1, -0.05) is 13.3 Å². The quantitative estimate of drug-likeness (QED) is 0.605. The number of hydrogen-bond acceptors (Lipinski definition) is 3. The highest BCUT2D eigenvalue weighted by molar-refractivity contribution is 5.74. The van der Waals surface area contributed by atoms with E-state index in [-0.39, 0.29) is 25.0 Å². The minimum absolute atomic E-state index is 0.112. The first-order chi connectivity index (χ1) is 8.56. The summed E-state index contributed by atoms with van der Waals surface area (Å²) in [6, 6.07) is 0.0384. The van der Waals surface area contributed by atoms with E-state index in [2.05, 4.69) is 17.6 Å². The second kappa shape index (κ2) is 7.20. The number of urea groups is 1. The Hall–Kier alpha value is -1.30. The summed E-state index contributed by atoms with van der Waals surface area (Å²) < 4.78 is 4.97. The molecule has 0 spiro atoms. The van der Waals surface area contributed by atoms with E-state index in [1.807, 2.05) is 0 Å². The maximum absolute atomic E-state index is 11.5. The van der Waals surface area contributed by atoms with Gasteiger partial charge >= 0.3 is 12.0 Å². The summed E-state index contributed by atoms with van der Waals surface area (Å²) in [6.45, 7) is 2.34. The number of carbonyl (C=O) groups is 2. The molecule has 0 heterocycles. The number of aliphatic carboxylic acids is 1. The van der Waals surface area contributed by atoms with Crippen molar-refractivity contribution in [2.24, 2.45) is 5.92 Å². The number of methoxy groups -OCH3 is 1. The van der Waals surface area contributed by atoms with Crippen LogP contribution >= 0.6 is 0 Å². The second-order valence-corrected chi connectivity index (χ2v) is 4.70. The number of ether oxygens (including phenoxy) is 1. The third-order valence-electron chi connectivity index (χ3n) is 3.12. The van der Waals surface area contributed by atoms with Crippen LogP contribution in [0.25, 0.3) is 0 Å². The summed E-state index contributed by atoms with van der Waals surface area (Å²) in [4.78, 5) is 22.0. The Morgan fingerprint density at radius 3 is 2.78 bits per heavy atom. The van der Waals surface area contributed by atoms with Crippen LogP contribution in [0.15, 0.2) is 0 Å². The zero-order valence-electron chi connectivity index (χ0n) is 10.9. The van der Waals surface area contributed by atoms with Crippen LogP contribution in [0.5, 0.6) is 0 Å². The molecule has 6 nitrogen and oxygen atoms in total. The lowest BCUT2D eigenvalue weighted by molar-refractivity contribution is -0.139. The number of amides is 2. The maximum atomic E-state index is 11.5. The summed E-state index contributed by atoms with van der Waals surface area (Å²) >= 11 is 0. The summed E-state index contributed by atoms with van der Waals surface area (Å²) in [7, 11) is 1.44. The number of carboxylic acids is 1. The average Bonchev–Trinajstić information content (AvgIpc) is 3.02. The first-order valence-corrected chi connectivity index (χ1v) is 6.35. The number of carbonyl (C=O) groups excluding carboxylic acids is 1. The van der Waals surface area contributed by atoms with E-state index >= 15 is 0 Å². The summed E-state index contributed by atoms with van der Waals surface area (Å²) in [5, 5.41) is 14.1. The summed E-state index contributed by atoms with van der Waals surface area (Å²) in [5.41, 5.74) is 0. The molecule has 1 aliphatic rings. The fourth-order valence-electron chi connectivity index (χ4n) is 1.97. The Kier molecular flexibility index (Phi) is 5.91. The van der Waals surface area contributed by atoms with Crippen LogP contribution < -0.4 is 10.6 Å². The lowest BCUT2D eigenvalue weighted by Crippen LogP contribution is -2.42. The molecule has 0 saturated heterocycles. The predicted molar refractivity (Wildman–Crippen MR) is 66.4 cm³/mol. The molecule has 0 aliphatic heterocycles. The van der Waals surface area contributed by atoms with Crippen LogP contribution in [0.2, 0.25) is 0 Å². The zero-order valence-corrected chi connectivity index (χ0v) is 10.9. The van der Waals surface area contributed by atoms with Crippen LogP contribution in [0.1, 0.15) is 32.6 Å². The van der Waals surface area contributed by atoms with E-state index in [0.29, 0.717) is 5.92 Å². The van der Waals surface area contributed by atoms with Crippen molar-refractivity contribution in [2.75, 3.05) is 13.7 Å². The van der Waals surface area contributed by atoms with Gasteiger partial charge < -0.3 is 20.5 Å². The van der Waals surface area contributed by atoms with E-state index in [4.69, 9.17) is 9.84 Å². The van der Waals surface area contributed by atoms with Crippen LogP contribution in [-0.2, 0) is 9.53 Å². The molecule has 1 saturated carbocycles. The monoisotopic (exact) mass is 258 g/mol. The van der Waals surface area contributed by atoms with Gasteiger partial charge in [0, 0.05) is 19.7 Å². The molecule has 2 amide bonds. The maximum Gasteiger partial charge on any atom is 0.315 e. The van der Waals surface area contributed by atoms with Crippen LogP contribution in [0.4, 0.5) is 4.79 Å². The molecule has 6 heteroatoms. The highest BCUT2D eigenvalue weighted by Crippen LogP contribution is 2.34. The molecule has 0 aromatic rings. The van der Waals surface area contributed by atoms with Crippen LogP contribution in [0, 0.1) is 5.92 Å². The van der Waals surface area contributed by atoms with Crippen molar-refractivity contribution in [1.29, 1.82) is 0 Å². The lowest BCUT2D eigenvalue weighted by atomic mass is 10.2. The molecule has 1 fully saturated rings. The molecule has 1 aliphatic carbocycles. The smallest absolute Gasteiger partial charge is 0.315 e. The van der Waals surface area contributed by atoms with Crippen molar-refractivity contribution in [3.8, 4) is 0 Å². The molecule has 0 radical (unpaired) electrons. The highest BCUT2D eigenvalue weighted by atomic mass is 16.5. The topological polar surface area (TPSA) is 87.7 Å².